The van der Waals surface area contributed by atoms with Crippen LogP contribution in [0.15, 0.2) is 16.7 Å². The molecule has 1 aliphatic heterocycles. The molecule has 3 aromatic rings. The van der Waals surface area contributed by atoms with Gasteiger partial charge in [-0.05, 0) is 44.6 Å². The van der Waals surface area contributed by atoms with E-state index in [4.69, 9.17) is 9.26 Å². The van der Waals surface area contributed by atoms with Crippen LogP contribution in [0.3, 0.4) is 0 Å². The van der Waals surface area contributed by atoms with Crippen LogP contribution in [0.4, 0.5) is 0 Å². The second-order valence-corrected chi connectivity index (χ2v) is 7.41. The van der Waals surface area contributed by atoms with Crippen molar-refractivity contribution in [1.29, 1.82) is 0 Å². The summed E-state index contributed by atoms with van der Waals surface area (Å²) in [7, 11) is 1.59. The molecule has 5 rings (SSSR count). The van der Waals surface area contributed by atoms with Gasteiger partial charge in [0.2, 0.25) is 11.6 Å². The SMILES string of the molecule is COc1ccc2nnc(C3CCN(C(=O)c4onc5c4CCCC5)CC3)n2n1. The molecule has 9 heteroatoms. The Bertz CT molecular complexity index is 1020. The fourth-order valence-electron chi connectivity index (χ4n) is 4.20. The van der Waals surface area contributed by atoms with Crippen LogP contribution in [0.25, 0.3) is 5.65 Å². The number of hydrogen-bond donors (Lipinski definition) is 0. The molecule has 0 unspecified atom stereocenters. The zero-order valence-electron chi connectivity index (χ0n) is 15.8. The minimum Gasteiger partial charge on any atom is -0.480 e. The number of hydrogen-bond acceptors (Lipinski definition) is 7. The standard InChI is InChI=1S/C19H22N6O3/c1-27-16-7-6-15-20-21-18(25(15)22-16)12-8-10-24(11-9-12)19(26)17-13-4-2-3-5-14(13)23-28-17/h6-7,12H,2-5,8-11H2,1H3. The third-order valence-electron chi connectivity index (χ3n) is 5.77. The maximum Gasteiger partial charge on any atom is 0.292 e. The van der Waals surface area contributed by atoms with Crippen molar-refractivity contribution in [2.24, 2.45) is 0 Å². The number of aromatic nitrogens is 5. The van der Waals surface area contributed by atoms with Crippen molar-refractivity contribution in [3.63, 3.8) is 0 Å². The second-order valence-electron chi connectivity index (χ2n) is 7.41. The summed E-state index contributed by atoms with van der Waals surface area (Å²) >= 11 is 0. The molecule has 0 bridgehead atoms. The molecule has 3 aromatic heterocycles. The van der Waals surface area contributed by atoms with Gasteiger partial charge in [0, 0.05) is 30.6 Å². The lowest BCUT2D eigenvalue weighted by Gasteiger charge is -2.30. The number of nitrogens with zero attached hydrogens (tertiary/aromatic N) is 6. The summed E-state index contributed by atoms with van der Waals surface area (Å²) in [6.45, 7) is 1.30. The molecule has 0 atom stereocenters. The van der Waals surface area contributed by atoms with Crippen LogP contribution in [-0.2, 0) is 12.8 Å². The summed E-state index contributed by atoms with van der Waals surface area (Å²) in [6, 6.07) is 3.61. The largest absolute Gasteiger partial charge is 0.480 e. The van der Waals surface area contributed by atoms with Crippen LogP contribution in [0.1, 0.15) is 59.2 Å². The number of ether oxygens (including phenoxy) is 1. The van der Waals surface area contributed by atoms with Gasteiger partial charge in [-0.15, -0.1) is 15.3 Å². The van der Waals surface area contributed by atoms with Crippen molar-refractivity contribution in [3.05, 3.63) is 35.0 Å². The molecule has 2 aliphatic rings. The number of amides is 1. The summed E-state index contributed by atoms with van der Waals surface area (Å²) < 4.78 is 12.4. The Hall–Kier alpha value is -2.97. The van der Waals surface area contributed by atoms with Crippen LogP contribution >= 0.6 is 0 Å². The van der Waals surface area contributed by atoms with E-state index in [1.807, 2.05) is 11.0 Å². The molecule has 1 amide bonds. The van der Waals surface area contributed by atoms with E-state index in [2.05, 4.69) is 20.5 Å². The molecule has 0 aromatic carbocycles. The zero-order valence-corrected chi connectivity index (χ0v) is 15.8. The molecule has 146 valence electrons. The van der Waals surface area contributed by atoms with Gasteiger partial charge in [0.25, 0.3) is 5.91 Å². The highest BCUT2D eigenvalue weighted by molar-refractivity contribution is 5.93. The Balaban J connectivity index is 1.31. The predicted molar refractivity (Wildman–Crippen MR) is 98.4 cm³/mol. The van der Waals surface area contributed by atoms with Crippen molar-refractivity contribution in [3.8, 4) is 5.88 Å². The number of carbonyl (C=O) groups is 1. The number of fused-ring (bicyclic) bond motifs is 2. The van der Waals surface area contributed by atoms with Gasteiger partial charge < -0.3 is 14.2 Å². The van der Waals surface area contributed by atoms with E-state index in [0.29, 0.717) is 30.4 Å². The normalized spacial score (nSPS) is 17.7. The fraction of sp³-hybridized carbons (Fsp3) is 0.526. The highest BCUT2D eigenvalue weighted by Gasteiger charge is 2.32. The van der Waals surface area contributed by atoms with Crippen LogP contribution in [0.2, 0.25) is 0 Å². The van der Waals surface area contributed by atoms with E-state index >= 15 is 0 Å². The van der Waals surface area contributed by atoms with Gasteiger partial charge in [-0.2, -0.15) is 4.52 Å². The van der Waals surface area contributed by atoms with Crippen molar-refractivity contribution in [1.82, 2.24) is 29.9 Å². The average Bonchev–Trinajstić information content (AvgIpc) is 3.37. The van der Waals surface area contributed by atoms with E-state index < -0.39 is 0 Å². The highest BCUT2D eigenvalue weighted by atomic mass is 16.5. The summed E-state index contributed by atoms with van der Waals surface area (Å²) in [5.41, 5.74) is 2.67. The van der Waals surface area contributed by atoms with Crippen LogP contribution in [0.5, 0.6) is 5.88 Å². The lowest BCUT2D eigenvalue weighted by atomic mass is 9.94. The first-order valence-electron chi connectivity index (χ1n) is 9.77. The molecule has 1 aliphatic carbocycles. The lowest BCUT2D eigenvalue weighted by Crippen LogP contribution is -2.38. The molecular weight excluding hydrogens is 360 g/mol. The molecule has 4 heterocycles. The van der Waals surface area contributed by atoms with Gasteiger partial charge in [-0.25, -0.2) is 0 Å². The van der Waals surface area contributed by atoms with E-state index in [9.17, 15) is 4.79 Å². The topological polar surface area (TPSA) is 98.7 Å². The molecular formula is C19H22N6O3. The van der Waals surface area contributed by atoms with Gasteiger partial charge in [0.1, 0.15) is 0 Å². The van der Waals surface area contributed by atoms with Crippen molar-refractivity contribution in [2.45, 2.75) is 44.4 Å². The van der Waals surface area contributed by atoms with Gasteiger partial charge in [0.15, 0.2) is 11.5 Å². The number of rotatable bonds is 3. The van der Waals surface area contributed by atoms with Crippen molar-refractivity contribution in [2.75, 3.05) is 20.2 Å². The van der Waals surface area contributed by atoms with Gasteiger partial charge in [-0.1, -0.05) is 5.16 Å². The number of methoxy groups -OCH3 is 1. The van der Waals surface area contributed by atoms with E-state index in [-0.39, 0.29) is 11.8 Å². The zero-order chi connectivity index (χ0) is 19.1. The van der Waals surface area contributed by atoms with Crippen LogP contribution in [-0.4, -0.2) is 56.0 Å². The molecule has 9 nitrogen and oxygen atoms in total. The van der Waals surface area contributed by atoms with Gasteiger partial charge in [0.05, 0.1) is 12.8 Å². The summed E-state index contributed by atoms with van der Waals surface area (Å²) in [6.07, 6.45) is 5.61. The van der Waals surface area contributed by atoms with E-state index in [0.717, 1.165) is 55.6 Å². The Morgan fingerprint density at radius 1 is 1.18 bits per heavy atom. The minimum atomic E-state index is -0.0417. The first kappa shape index (κ1) is 17.2. The highest BCUT2D eigenvalue weighted by Crippen LogP contribution is 2.30. The number of likely N-dealkylation sites (tertiary alicyclic amines) is 1. The Labute approximate surface area is 161 Å². The molecule has 1 saturated heterocycles. The molecule has 28 heavy (non-hydrogen) atoms. The maximum atomic E-state index is 13.0. The summed E-state index contributed by atoms with van der Waals surface area (Å²) in [5.74, 6) is 1.93. The van der Waals surface area contributed by atoms with E-state index in [1.165, 1.54) is 0 Å². The number of carbonyl (C=O) groups excluding carboxylic acids is 1. The molecule has 0 radical (unpaired) electrons. The quantitative estimate of drug-likeness (QED) is 0.683. The Morgan fingerprint density at radius 3 is 2.82 bits per heavy atom. The third-order valence-corrected chi connectivity index (χ3v) is 5.77. The first-order valence-corrected chi connectivity index (χ1v) is 9.77. The van der Waals surface area contributed by atoms with Crippen molar-refractivity contribution >= 4 is 11.6 Å². The Morgan fingerprint density at radius 2 is 2.00 bits per heavy atom. The lowest BCUT2D eigenvalue weighted by molar-refractivity contribution is 0.0667. The van der Waals surface area contributed by atoms with Crippen LogP contribution in [0, 0.1) is 0 Å². The monoisotopic (exact) mass is 382 g/mol. The molecule has 1 fully saturated rings. The molecule has 0 N–H and O–H groups in total. The predicted octanol–water partition coefficient (Wildman–Crippen LogP) is 2.02. The summed E-state index contributed by atoms with van der Waals surface area (Å²) in [4.78, 5) is 14.8. The van der Waals surface area contributed by atoms with Gasteiger partial charge >= 0.3 is 0 Å². The minimum absolute atomic E-state index is 0.0417. The number of piperidine rings is 1. The molecule has 0 spiro atoms. The molecule has 0 saturated carbocycles. The summed E-state index contributed by atoms with van der Waals surface area (Å²) in [5, 5.41) is 17.1. The van der Waals surface area contributed by atoms with Crippen molar-refractivity contribution < 1.29 is 14.1 Å². The van der Waals surface area contributed by atoms with Crippen LogP contribution < -0.4 is 4.74 Å². The van der Waals surface area contributed by atoms with Gasteiger partial charge in [-0.3, -0.25) is 4.79 Å². The fourth-order valence-corrected chi connectivity index (χ4v) is 4.20. The maximum absolute atomic E-state index is 13.0. The van der Waals surface area contributed by atoms with E-state index in [1.54, 1.807) is 17.7 Å². The smallest absolute Gasteiger partial charge is 0.292 e. The third kappa shape index (κ3) is 2.81. The Kier molecular flexibility index (Phi) is 4.22. The second kappa shape index (κ2) is 6.88. The first-order chi connectivity index (χ1) is 13.7. The number of aryl methyl sites for hydroxylation is 1. The average molecular weight is 382 g/mol.